The molecule has 1 aliphatic rings. The number of alkyl halides is 2. The number of carboxylic acids is 1. The number of imidazole rings is 1. The minimum absolute atomic E-state index is 0.00114. The number of carbonyl (C=O) groups is 2. The SMILES string of the molecule is O=C(O)Cc1ccccc1-c1nc2cnc(-n3nccn3)cc2n1[C@@H]1CCC[C@H](NC(=O)c2ncc(C(F)F)s2)C1. The summed E-state index contributed by atoms with van der Waals surface area (Å²) in [6, 6.07) is 8.76. The van der Waals surface area contributed by atoms with Crippen LogP contribution in [0.4, 0.5) is 8.78 Å². The molecular weight excluding hydrogens is 554 g/mol. The molecule has 2 N–H and O–H groups in total. The maximum Gasteiger partial charge on any atom is 0.307 e. The molecule has 4 aromatic heterocycles. The Hall–Kier alpha value is -4.59. The van der Waals surface area contributed by atoms with Gasteiger partial charge in [0.15, 0.2) is 10.8 Å². The molecule has 1 aliphatic carbocycles. The summed E-state index contributed by atoms with van der Waals surface area (Å²) < 4.78 is 28.1. The van der Waals surface area contributed by atoms with Crippen molar-refractivity contribution in [3.63, 3.8) is 0 Å². The molecule has 41 heavy (non-hydrogen) atoms. The quantitative estimate of drug-likeness (QED) is 0.272. The number of hydrogen-bond donors (Lipinski definition) is 2. The third-order valence-electron chi connectivity index (χ3n) is 7.06. The van der Waals surface area contributed by atoms with Crippen molar-refractivity contribution in [2.75, 3.05) is 0 Å². The maximum atomic E-state index is 13.0. The Kier molecular flexibility index (Phi) is 7.22. The van der Waals surface area contributed by atoms with Gasteiger partial charge in [-0.25, -0.2) is 23.7 Å². The first kappa shape index (κ1) is 26.6. The molecule has 2 atom stereocenters. The highest BCUT2D eigenvalue weighted by molar-refractivity contribution is 7.13. The van der Waals surface area contributed by atoms with Crippen molar-refractivity contribution >= 4 is 34.2 Å². The van der Waals surface area contributed by atoms with Crippen LogP contribution in [0.2, 0.25) is 0 Å². The lowest BCUT2D eigenvalue weighted by molar-refractivity contribution is -0.136. The Bertz CT molecular complexity index is 1720. The maximum absolute atomic E-state index is 13.0. The number of aromatic nitrogens is 7. The first-order valence-corrected chi connectivity index (χ1v) is 13.8. The number of nitrogens with zero attached hydrogens (tertiary/aromatic N) is 7. The second kappa shape index (κ2) is 11.1. The van der Waals surface area contributed by atoms with Crippen molar-refractivity contribution in [1.82, 2.24) is 39.8 Å². The van der Waals surface area contributed by atoms with E-state index in [0.717, 1.165) is 31.0 Å². The lowest BCUT2D eigenvalue weighted by Crippen LogP contribution is -2.39. The van der Waals surface area contributed by atoms with Gasteiger partial charge in [-0.3, -0.25) is 9.59 Å². The second-order valence-electron chi connectivity index (χ2n) is 9.74. The molecule has 0 radical (unpaired) electrons. The molecule has 14 heteroatoms. The third-order valence-corrected chi connectivity index (χ3v) is 8.07. The van der Waals surface area contributed by atoms with Gasteiger partial charge in [0.2, 0.25) is 0 Å². The van der Waals surface area contributed by atoms with Gasteiger partial charge >= 0.3 is 5.97 Å². The molecule has 1 aromatic carbocycles. The second-order valence-corrected chi connectivity index (χ2v) is 10.8. The van der Waals surface area contributed by atoms with Gasteiger partial charge in [0.25, 0.3) is 12.3 Å². The molecule has 1 fully saturated rings. The summed E-state index contributed by atoms with van der Waals surface area (Å²) in [5.74, 6) is -0.339. The van der Waals surface area contributed by atoms with E-state index in [2.05, 4.69) is 30.0 Å². The van der Waals surface area contributed by atoms with Crippen LogP contribution in [0.3, 0.4) is 0 Å². The van der Waals surface area contributed by atoms with Crippen LogP contribution in [0.5, 0.6) is 0 Å². The van der Waals surface area contributed by atoms with Gasteiger partial charge in [-0.2, -0.15) is 10.2 Å². The van der Waals surface area contributed by atoms with E-state index in [4.69, 9.17) is 4.98 Å². The molecule has 0 aliphatic heterocycles. The number of pyridine rings is 1. The average Bonchev–Trinajstić information content (AvgIpc) is 3.73. The van der Waals surface area contributed by atoms with Crippen LogP contribution in [0.15, 0.2) is 55.1 Å². The van der Waals surface area contributed by atoms with Gasteiger partial charge in [-0.05, 0) is 31.2 Å². The van der Waals surface area contributed by atoms with Gasteiger partial charge < -0.3 is 15.0 Å². The van der Waals surface area contributed by atoms with Crippen LogP contribution in [-0.4, -0.2) is 57.5 Å². The van der Waals surface area contributed by atoms with Crippen LogP contribution in [-0.2, 0) is 11.2 Å². The van der Waals surface area contributed by atoms with Crippen molar-refractivity contribution in [1.29, 1.82) is 0 Å². The van der Waals surface area contributed by atoms with E-state index >= 15 is 0 Å². The Morgan fingerprint density at radius 2 is 1.93 bits per heavy atom. The summed E-state index contributed by atoms with van der Waals surface area (Å²) in [6.07, 6.45) is 5.79. The predicted octanol–water partition coefficient (Wildman–Crippen LogP) is 4.61. The molecular formula is C27H24F2N8O3S. The lowest BCUT2D eigenvalue weighted by Gasteiger charge is -2.32. The van der Waals surface area contributed by atoms with Gasteiger partial charge in [0, 0.05) is 29.9 Å². The summed E-state index contributed by atoms with van der Waals surface area (Å²) in [4.78, 5) is 38.9. The van der Waals surface area contributed by atoms with E-state index in [1.54, 1.807) is 30.7 Å². The number of thiazole rings is 1. The largest absolute Gasteiger partial charge is 0.481 e. The van der Waals surface area contributed by atoms with E-state index in [-0.39, 0.29) is 28.4 Å². The number of carbonyl (C=O) groups excluding carboxylic acids is 1. The van der Waals surface area contributed by atoms with Crippen LogP contribution in [0.1, 0.15) is 58.4 Å². The number of carboxylic acid groups (broad SMARTS) is 1. The minimum Gasteiger partial charge on any atom is -0.481 e. The first-order chi connectivity index (χ1) is 19.9. The monoisotopic (exact) mass is 578 g/mol. The van der Waals surface area contributed by atoms with Gasteiger partial charge in [0.1, 0.15) is 11.3 Å². The molecule has 5 aromatic rings. The Balaban J connectivity index is 1.39. The molecule has 0 bridgehead atoms. The summed E-state index contributed by atoms with van der Waals surface area (Å²) in [5, 5.41) is 20.9. The summed E-state index contributed by atoms with van der Waals surface area (Å²) in [6.45, 7) is 0. The molecule has 0 spiro atoms. The van der Waals surface area contributed by atoms with Gasteiger partial charge in [-0.15, -0.1) is 16.1 Å². The van der Waals surface area contributed by atoms with Crippen molar-refractivity contribution in [3.8, 4) is 17.2 Å². The summed E-state index contributed by atoms with van der Waals surface area (Å²) in [7, 11) is 0. The van der Waals surface area contributed by atoms with Crippen LogP contribution in [0, 0.1) is 0 Å². The third kappa shape index (κ3) is 5.42. The zero-order chi connectivity index (χ0) is 28.5. The van der Waals surface area contributed by atoms with E-state index in [9.17, 15) is 23.5 Å². The number of fused-ring (bicyclic) bond motifs is 1. The average molecular weight is 579 g/mol. The molecule has 11 nitrogen and oxygen atoms in total. The van der Waals surface area contributed by atoms with Crippen LogP contribution < -0.4 is 5.32 Å². The number of aliphatic carboxylic acids is 1. The number of halogens is 2. The fourth-order valence-electron chi connectivity index (χ4n) is 5.32. The molecule has 4 heterocycles. The number of nitrogens with one attached hydrogen (secondary N) is 1. The molecule has 1 amide bonds. The van der Waals surface area contributed by atoms with E-state index < -0.39 is 18.3 Å². The zero-order valence-electron chi connectivity index (χ0n) is 21.5. The van der Waals surface area contributed by atoms with Crippen LogP contribution >= 0.6 is 11.3 Å². The van der Waals surface area contributed by atoms with Crippen molar-refractivity contribution in [2.24, 2.45) is 0 Å². The lowest BCUT2D eigenvalue weighted by atomic mass is 9.90. The minimum atomic E-state index is -2.68. The highest BCUT2D eigenvalue weighted by atomic mass is 32.1. The molecule has 0 unspecified atom stereocenters. The van der Waals surface area contributed by atoms with E-state index in [1.165, 1.54) is 4.80 Å². The summed E-state index contributed by atoms with van der Waals surface area (Å²) in [5.41, 5.74) is 2.71. The predicted molar refractivity (Wildman–Crippen MR) is 145 cm³/mol. The number of benzene rings is 1. The first-order valence-electron chi connectivity index (χ1n) is 13.0. The van der Waals surface area contributed by atoms with Crippen molar-refractivity contribution in [2.45, 2.75) is 50.6 Å². The van der Waals surface area contributed by atoms with E-state index in [1.807, 2.05) is 18.2 Å². The zero-order valence-corrected chi connectivity index (χ0v) is 22.3. The highest BCUT2D eigenvalue weighted by Gasteiger charge is 2.30. The molecule has 1 saturated carbocycles. The van der Waals surface area contributed by atoms with Crippen LogP contribution in [0.25, 0.3) is 28.2 Å². The van der Waals surface area contributed by atoms with Crippen molar-refractivity contribution < 1.29 is 23.5 Å². The fourth-order valence-corrected chi connectivity index (χ4v) is 5.99. The molecule has 0 saturated heterocycles. The molecule has 210 valence electrons. The number of hydrogen-bond acceptors (Lipinski definition) is 8. The molecule has 6 rings (SSSR count). The number of rotatable bonds is 8. The Labute approximate surface area is 235 Å². The topological polar surface area (TPSA) is 141 Å². The van der Waals surface area contributed by atoms with Gasteiger partial charge in [-0.1, -0.05) is 24.3 Å². The Morgan fingerprint density at radius 1 is 1.12 bits per heavy atom. The summed E-state index contributed by atoms with van der Waals surface area (Å²) >= 11 is 0.687. The Morgan fingerprint density at radius 3 is 2.68 bits per heavy atom. The smallest absolute Gasteiger partial charge is 0.307 e. The highest BCUT2D eigenvalue weighted by Crippen LogP contribution is 2.37. The van der Waals surface area contributed by atoms with Gasteiger partial charge in [0.05, 0.1) is 35.4 Å². The standard InChI is InChI=1S/C27H24F2N8O3S/c28-24(29)21-14-31-27(41-21)26(40)34-16-5-3-6-17(11-16)36-20-12-22(37-32-8-9-33-37)30-13-19(20)35-25(36)18-7-2-1-4-15(18)10-23(38)39/h1-2,4,7-9,12-14,16-17,24H,3,5-6,10-11H2,(H,34,40)(H,38,39)/t16-,17+/m0/s1. The number of amides is 1. The fraction of sp³-hybridized carbons (Fsp3) is 0.296. The van der Waals surface area contributed by atoms with Crippen molar-refractivity contribution in [3.05, 3.63) is 70.6 Å². The normalized spacial score (nSPS) is 17.2. The van der Waals surface area contributed by atoms with E-state index in [0.29, 0.717) is 46.0 Å².